The minimum atomic E-state index is -1.05. The minimum Gasteiger partial charge on any atom is -0.490 e. The monoisotopic (exact) mass is 363 g/mol. The summed E-state index contributed by atoms with van der Waals surface area (Å²) >= 11 is 5.88. The molecular formula is C19H22ClNO4. The number of aromatic carboxylic acids is 1. The molecule has 0 radical (unpaired) electrons. The van der Waals surface area contributed by atoms with Gasteiger partial charge in [-0.2, -0.15) is 0 Å². The van der Waals surface area contributed by atoms with Gasteiger partial charge in [0.1, 0.15) is 0 Å². The number of hydrogen-bond donors (Lipinski definition) is 2. The van der Waals surface area contributed by atoms with Gasteiger partial charge >= 0.3 is 5.97 Å². The second-order valence-electron chi connectivity index (χ2n) is 5.42. The third kappa shape index (κ3) is 5.29. The number of halogens is 1. The van der Waals surface area contributed by atoms with Crippen LogP contribution in [0.5, 0.6) is 11.5 Å². The first kappa shape index (κ1) is 18.9. The fourth-order valence-corrected chi connectivity index (χ4v) is 2.46. The number of carbonyl (C=O) groups is 1. The summed E-state index contributed by atoms with van der Waals surface area (Å²) in [6, 6.07) is 10.6. The number of carboxylic acids is 1. The predicted octanol–water partition coefficient (Wildman–Crippen LogP) is 4.84. The molecule has 134 valence electrons. The number of nitrogens with one attached hydrogen (secondary N) is 1. The molecule has 0 saturated carbocycles. The van der Waals surface area contributed by atoms with E-state index < -0.39 is 5.97 Å². The highest BCUT2D eigenvalue weighted by atomic mass is 35.5. The van der Waals surface area contributed by atoms with E-state index in [1.54, 1.807) is 12.1 Å². The van der Waals surface area contributed by atoms with E-state index in [0.717, 1.165) is 17.7 Å². The van der Waals surface area contributed by atoms with Crippen LogP contribution in [0.3, 0.4) is 0 Å². The van der Waals surface area contributed by atoms with Gasteiger partial charge in [-0.05, 0) is 49.2 Å². The van der Waals surface area contributed by atoms with Crippen molar-refractivity contribution < 1.29 is 19.4 Å². The van der Waals surface area contributed by atoms with Gasteiger partial charge in [-0.3, -0.25) is 0 Å². The summed E-state index contributed by atoms with van der Waals surface area (Å²) < 4.78 is 11.3. The van der Waals surface area contributed by atoms with Crippen molar-refractivity contribution in [2.45, 2.75) is 26.8 Å². The van der Waals surface area contributed by atoms with E-state index in [9.17, 15) is 4.79 Å². The van der Waals surface area contributed by atoms with Gasteiger partial charge in [0.15, 0.2) is 11.5 Å². The summed E-state index contributed by atoms with van der Waals surface area (Å²) in [6.45, 7) is 5.69. The van der Waals surface area contributed by atoms with E-state index in [2.05, 4.69) is 12.2 Å². The topological polar surface area (TPSA) is 67.8 Å². The summed E-state index contributed by atoms with van der Waals surface area (Å²) in [5.41, 5.74) is 1.76. The van der Waals surface area contributed by atoms with Gasteiger partial charge in [0, 0.05) is 12.2 Å². The lowest BCUT2D eigenvalue weighted by molar-refractivity contribution is 0.0697. The Balaban J connectivity index is 2.11. The van der Waals surface area contributed by atoms with Gasteiger partial charge in [-0.25, -0.2) is 4.79 Å². The zero-order valence-corrected chi connectivity index (χ0v) is 15.1. The Kier molecular flexibility index (Phi) is 6.95. The zero-order chi connectivity index (χ0) is 18.2. The van der Waals surface area contributed by atoms with Gasteiger partial charge in [0.05, 0.1) is 23.8 Å². The molecule has 25 heavy (non-hydrogen) atoms. The van der Waals surface area contributed by atoms with Crippen molar-refractivity contribution in [1.82, 2.24) is 0 Å². The minimum absolute atomic E-state index is 0.0741. The summed E-state index contributed by atoms with van der Waals surface area (Å²) in [4.78, 5) is 11.1. The van der Waals surface area contributed by atoms with E-state index >= 15 is 0 Å². The van der Waals surface area contributed by atoms with Crippen molar-refractivity contribution in [3.8, 4) is 11.5 Å². The molecule has 0 saturated heterocycles. The van der Waals surface area contributed by atoms with Crippen LogP contribution >= 0.6 is 11.6 Å². The van der Waals surface area contributed by atoms with Crippen LogP contribution in [0.1, 0.15) is 36.2 Å². The molecule has 0 bridgehead atoms. The van der Waals surface area contributed by atoms with Crippen LogP contribution in [-0.2, 0) is 6.54 Å². The van der Waals surface area contributed by atoms with Crippen LogP contribution in [0.25, 0.3) is 0 Å². The normalized spacial score (nSPS) is 10.4. The molecule has 2 aromatic carbocycles. The van der Waals surface area contributed by atoms with E-state index in [1.165, 1.54) is 6.07 Å². The standard InChI is InChI=1S/C19H22ClNO4/c1-3-9-25-17-8-5-13(10-18(17)24-4-2)12-21-14-6-7-16(20)15(11-14)19(22)23/h5-8,10-11,21H,3-4,9,12H2,1-2H3,(H,22,23). The number of hydrogen-bond acceptors (Lipinski definition) is 4. The molecule has 0 aliphatic carbocycles. The van der Waals surface area contributed by atoms with Crippen molar-refractivity contribution >= 4 is 23.3 Å². The Morgan fingerprint density at radius 2 is 1.92 bits per heavy atom. The van der Waals surface area contributed by atoms with E-state index in [1.807, 2.05) is 25.1 Å². The predicted molar refractivity (Wildman–Crippen MR) is 99.1 cm³/mol. The Bertz CT molecular complexity index is 733. The van der Waals surface area contributed by atoms with Gasteiger partial charge in [-0.15, -0.1) is 0 Å². The van der Waals surface area contributed by atoms with Crippen molar-refractivity contribution in [3.63, 3.8) is 0 Å². The molecule has 2 aromatic rings. The molecule has 0 fully saturated rings. The molecule has 0 heterocycles. The molecule has 0 amide bonds. The number of anilines is 1. The van der Waals surface area contributed by atoms with Crippen molar-refractivity contribution in [1.29, 1.82) is 0 Å². The highest BCUT2D eigenvalue weighted by Gasteiger charge is 2.10. The van der Waals surface area contributed by atoms with E-state index in [0.29, 0.717) is 31.2 Å². The fraction of sp³-hybridized carbons (Fsp3) is 0.316. The highest BCUT2D eigenvalue weighted by molar-refractivity contribution is 6.33. The third-order valence-corrected chi connectivity index (χ3v) is 3.79. The average Bonchev–Trinajstić information content (AvgIpc) is 2.60. The van der Waals surface area contributed by atoms with Gasteiger partial charge in [-0.1, -0.05) is 24.6 Å². The van der Waals surface area contributed by atoms with Crippen LogP contribution in [0, 0.1) is 0 Å². The number of rotatable bonds is 9. The van der Waals surface area contributed by atoms with Crippen molar-refractivity contribution in [3.05, 3.63) is 52.5 Å². The largest absolute Gasteiger partial charge is 0.490 e. The second-order valence-corrected chi connectivity index (χ2v) is 5.82. The fourth-order valence-electron chi connectivity index (χ4n) is 2.27. The first-order valence-electron chi connectivity index (χ1n) is 8.20. The Morgan fingerprint density at radius 1 is 1.12 bits per heavy atom. The van der Waals surface area contributed by atoms with Crippen molar-refractivity contribution in [2.75, 3.05) is 18.5 Å². The first-order valence-corrected chi connectivity index (χ1v) is 8.58. The number of ether oxygens (including phenoxy) is 2. The number of benzene rings is 2. The molecule has 0 aliphatic heterocycles. The highest BCUT2D eigenvalue weighted by Crippen LogP contribution is 2.29. The first-order chi connectivity index (χ1) is 12.0. The van der Waals surface area contributed by atoms with Crippen LogP contribution in [0.4, 0.5) is 5.69 Å². The summed E-state index contributed by atoms with van der Waals surface area (Å²) in [6.07, 6.45) is 0.928. The van der Waals surface area contributed by atoms with Crippen LogP contribution in [0.2, 0.25) is 5.02 Å². The van der Waals surface area contributed by atoms with E-state index in [-0.39, 0.29) is 10.6 Å². The maximum absolute atomic E-state index is 11.1. The molecule has 2 N–H and O–H groups in total. The van der Waals surface area contributed by atoms with Crippen molar-refractivity contribution in [2.24, 2.45) is 0 Å². The van der Waals surface area contributed by atoms with Gasteiger partial charge in [0.25, 0.3) is 0 Å². The molecule has 2 rings (SSSR count). The molecule has 0 atom stereocenters. The summed E-state index contributed by atoms with van der Waals surface area (Å²) in [7, 11) is 0. The molecule has 0 spiro atoms. The maximum Gasteiger partial charge on any atom is 0.337 e. The smallest absolute Gasteiger partial charge is 0.337 e. The van der Waals surface area contributed by atoms with Gasteiger partial charge in [0.2, 0.25) is 0 Å². The SMILES string of the molecule is CCCOc1ccc(CNc2ccc(Cl)c(C(=O)O)c2)cc1OCC. The summed E-state index contributed by atoms with van der Waals surface area (Å²) in [5, 5.41) is 12.5. The lowest BCUT2D eigenvalue weighted by atomic mass is 10.1. The second kappa shape index (κ2) is 9.18. The van der Waals surface area contributed by atoms with Crippen LogP contribution in [0.15, 0.2) is 36.4 Å². The zero-order valence-electron chi connectivity index (χ0n) is 14.3. The Hall–Kier alpha value is -2.40. The van der Waals surface area contributed by atoms with Crippen LogP contribution < -0.4 is 14.8 Å². The molecule has 0 aliphatic rings. The Morgan fingerprint density at radius 3 is 2.60 bits per heavy atom. The molecule has 0 unspecified atom stereocenters. The number of carboxylic acid groups (broad SMARTS) is 1. The van der Waals surface area contributed by atoms with Crippen LogP contribution in [-0.4, -0.2) is 24.3 Å². The summed E-state index contributed by atoms with van der Waals surface area (Å²) in [5.74, 6) is 0.384. The molecular weight excluding hydrogens is 342 g/mol. The molecule has 6 heteroatoms. The molecule has 0 aromatic heterocycles. The third-order valence-electron chi connectivity index (χ3n) is 3.46. The molecule has 5 nitrogen and oxygen atoms in total. The maximum atomic E-state index is 11.1. The Labute approximate surface area is 152 Å². The average molecular weight is 364 g/mol. The quantitative estimate of drug-likeness (QED) is 0.667. The van der Waals surface area contributed by atoms with E-state index in [4.69, 9.17) is 26.2 Å². The van der Waals surface area contributed by atoms with Gasteiger partial charge < -0.3 is 19.9 Å². The lowest BCUT2D eigenvalue weighted by Gasteiger charge is -2.14. The lowest BCUT2D eigenvalue weighted by Crippen LogP contribution is -2.04.